The molecule has 1 aliphatic rings. The SMILES string of the molecule is C[C@@H]1S[C@H](c2cccnc2)N(c2ccc(F)cc2F)C1=O. The lowest BCUT2D eigenvalue weighted by atomic mass is 10.2. The number of halogens is 2. The third kappa shape index (κ3) is 2.51. The molecule has 0 saturated carbocycles. The Labute approximate surface area is 125 Å². The quantitative estimate of drug-likeness (QED) is 0.851. The van der Waals surface area contributed by atoms with Crippen LogP contribution >= 0.6 is 11.8 Å². The molecule has 2 heterocycles. The summed E-state index contributed by atoms with van der Waals surface area (Å²) in [7, 11) is 0. The number of aromatic nitrogens is 1. The minimum Gasteiger partial charge on any atom is -0.292 e. The Morgan fingerprint density at radius 1 is 1.29 bits per heavy atom. The van der Waals surface area contributed by atoms with Crippen LogP contribution in [0.5, 0.6) is 0 Å². The molecule has 6 heteroatoms. The minimum atomic E-state index is -0.744. The van der Waals surface area contributed by atoms with Crippen molar-refractivity contribution in [1.82, 2.24) is 4.98 Å². The Kier molecular flexibility index (Phi) is 3.63. The summed E-state index contributed by atoms with van der Waals surface area (Å²) in [6.45, 7) is 1.78. The van der Waals surface area contributed by atoms with Gasteiger partial charge in [0, 0.05) is 24.0 Å². The minimum absolute atomic E-state index is 0.0899. The summed E-state index contributed by atoms with van der Waals surface area (Å²) in [6.07, 6.45) is 3.29. The number of nitrogens with zero attached hydrogens (tertiary/aromatic N) is 2. The van der Waals surface area contributed by atoms with E-state index in [0.29, 0.717) is 0 Å². The van der Waals surface area contributed by atoms with E-state index in [-0.39, 0.29) is 22.2 Å². The molecular formula is C15H12F2N2OS. The first-order valence-electron chi connectivity index (χ1n) is 6.41. The van der Waals surface area contributed by atoms with Crippen LogP contribution in [0, 0.1) is 11.6 Å². The second-order valence-electron chi connectivity index (χ2n) is 4.72. The molecule has 0 unspecified atom stereocenters. The highest BCUT2D eigenvalue weighted by Crippen LogP contribution is 2.45. The number of pyridine rings is 1. The zero-order valence-electron chi connectivity index (χ0n) is 11.2. The number of thioether (sulfide) groups is 1. The molecule has 0 spiro atoms. The molecule has 0 N–H and O–H groups in total. The van der Waals surface area contributed by atoms with Crippen molar-refractivity contribution in [2.24, 2.45) is 0 Å². The molecule has 2 atom stereocenters. The van der Waals surface area contributed by atoms with Crippen molar-refractivity contribution in [3.8, 4) is 0 Å². The van der Waals surface area contributed by atoms with Crippen LogP contribution in [-0.2, 0) is 4.79 Å². The number of hydrogen-bond acceptors (Lipinski definition) is 3. The van der Waals surface area contributed by atoms with E-state index in [4.69, 9.17) is 0 Å². The molecule has 0 bridgehead atoms. The lowest BCUT2D eigenvalue weighted by Crippen LogP contribution is -2.31. The lowest BCUT2D eigenvalue weighted by molar-refractivity contribution is -0.117. The molecule has 1 aliphatic heterocycles. The van der Waals surface area contributed by atoms with Crippen LogP contribution in [0.3, 0.4) is 0 Å². The molecule has 0 radical (unpaired) electrons. The molecule has 1 saturated heterocycles. The lowest BCUT2D eigenvalue weighted by Gasteiger charge is -2.24. The van der Waals surface area contributed by atoms with Gasteiger partial charge >= 0.3 is 0 Å². The van der Waals surface area contributed by atoms with E-state index >= 15 is 0 Å². The molecule has 0 aliphatic carbocycles. The Morgan fingerprint density at radius 2 is 2.10 bits per heavy atom. The molecule has 1 fully saturated rings. The third-order valence-corrected chi connectivity index (χ3v) is 4.64. The number of benzene rings is 1. The number of amides is 1. The van der Waals surface area contributed by atoms with E-state index in [1.165, 1.54) is 22.7 Å². The molecule has 3 nitrogen and oxygen atoms in total. The summed E-state index contributed by atoms with van der Waals surface area (Å²) in [5.74, 6) is -1.60. The van der Waals surface area contributed by atoms with E-state index in [1.54, 1.807) is 25.4 Å². The second kappa shape index (κ2) is 5.44. The van der Waals surface area contributed by atoms with Crippen LogP contribution in [0.1, 0.15) is 17.9 Å². The number of anilines is 1. The summed E-state index contributed by atoms with van der Waals surface area (Å²) in [4.78, 5) is 17.8. The summed E-state index contributed by atoms with van der Waals surface area (Å²) in [6, 6.07) is 6.84. The fraction of sp³-hybridized carbons (Fsp3) is 0.200. The summed E-state index contributed by atoms with van der Waals surface area (Å²) >= 11 is 1.42. The second-order valence-corrected chi connectivity index (χ2v) is 6.15. The predicted octanol–water partition coefficient (Wildman–Crippen LogP) is 3.53. The van der Waals surface area contributed by atoms with Crippen molar-refractivity contribution in [2.75, 3.05) is 4.90 Å². The zero-order valence-corrected chi connectivity index (χ0v) is 12.0. The van der Waals surface area contributed by atoms with Crippen molar-refractivity contribution in [3.05, 3.63) is 59.9 Å². The van der Waals surface area contributed by atoms with Gasteiger partial charge in [-0.05, 0) is 25.1 Å². The fourth-order valence-corrected chi connectivity index (χ4v) is 3.55. The van der Waals surface area contributed by atoms with Crippen LogP contribution in [0.4, 0.5) is 14.5 Å². The average Bonchev–Trinajstić information content (AvgIpc) is 2.76. The maximum Gasteiger partial charge on any atom is 0.241 e. The van der Waals surface area contributed by atoms with E-state index in [0.717, 1.165) is 17.7 Å². The summed E-state index contributed by atoms with van der Waals surface area (Å²) in [5.41, 5.74) is 0.899. The third-order valence-electron chi connectivity index (χ3n) is 3.29. The van der Waals surface area contributed by atoms with Crippen molar-refractivity contribution < 1.29 is 13.6 Å². The Hall–Kier alpha value is -1.95. The fourth-order valence-electron chi connectivity index (χ4n) is 2.30. The number of carbonyl (C=O) groups is 1. The highest BCUT2D eigenvalue weighted by molar-refractivity contribution is 8.01. The van der Waals surface area contributed by atoms with Gasteiger partial charge in [-0.2, -0.15) is 0 Å². The molecule has 1 aromatic heterocycles. The van der Waals surface area contributed by atoms with Crippen LogP contribution in [0.15, 0.2) is 42.7 Å². The molecule has 2 aromatic rings. The first-order chi connectivity index (χ1) is 10.1. The molecule has 108 valence electrons. The van der Waals surface area contributed by atoms with Gasteiger partial charge in [0.25, 0.3) is 0 Å². The largest absolute Gasteiger partial charge is 0.292 e. The summed E-state index contributed by atoms with van der Waals surface area (Å²) in [5, 5.41) is -0.652. The van der Waals surface area contributed by atoms with Gasteiger partial charge in [0.05, 0.1) is 10.9 Å². The van der Waals surface area contributed by atoms with Crippen LogP contribution in [0.2, 0.25) is 0 Å². The zero-order chi connectivity index (χ0) is 15.0. The molecule has 1 amide bonds. The van der Waals surface area contributed by atoms with Gasteiger partial charge < -0.3 is 0 Å². The van der Waals surface area contributed by atoms with Crippen molar-refractivity contribution >= 4 is 23.4 Å². The predicted molar refractivity (Wildman–Crippen MR) is 77.9 cm³/mol. The van der Waals surface area contributed by atoms with E-state index in [1.807, 2.05) is 6.07 Å². The summed E-state index contributed by atoms with van der Waals surface area (Å²) < 4.78 is 27.1. The Morgan fingerprint density at radius 3 is 2.76 bits per heavy atom. The molecule has 21 heavy (non-hydrogen) atoms. The number of carbonyl (C=O) groups excluding carboxylic acids is 1. The smallest absolute Gasteiger partial charge is 0.241 e. The van der Waals surface area contributed by atoms with E-state index in [9.17, 15) is 13.6 Å². The maximum absolute atomic E-state index is 14.0. The van der Waals surface area contributed by atoms with Crippen LogP contribution in [-0.4, -0.2) is 16.1 Å². The van der Waals surface area contributed by atoms with E-state index in [2.05, 4.69) is 4.98 Å². The van der Waals surface area contributed by atoms with Crippen LogP contribution < -0.4 is 4.90 Å². The van der Waals surface area contributed by atoms with Gasteiger partial charge in [-0.15, -0.1) is 11.8 Å². The first kappa shape index (κ1) is 14.0. The normalized spacial score (nSPS) is 21.9. The Balaban J connectivity index is 2.06. The van der Waals surface area contributed by atoms with Gasteiger partial charge in [0.15, 0.2) is 0 Å². The monoisotopic (exact) mass is 306 g/mol. The standard InChI is InChI=1S/C15H12F2N2OS/c1-9-14(20)19(13-5-4-11(16)7-12(13)17)15(21-9)10-3-2-6-18-8-10/h2-9,15H,1H3/t9-,15+/m0/s1. The Bertz CT molecular complexity index is 681. The highest BCUT2D eigenvalue weighted by atomic mass is 32.2. The van der Waals surface area contributed by atoms with Crippen molar-refractivity contribution in [1.29, 1.82) is 0 Å². The molecule has 3 rings (SSSR count). The number of rotatable bonds is 2. The molecule has 1 aromatic carbocycles. The van der Waals surface area contributed by atoms with Gasteiger partial charge in [0.1, 0.15) is 17.0 Å². The van der Waals surface area contributed by atoms with Crippen molar-refractivity contribution in [2.45, 2.75) is 17.5 Å². The topological polar surface area (TPSA) is 33.2 Å². The molecular weight excluding hydrogens is 294 g/mol. The van der Waals surface area contributed by atoms with Crippen molar-refractivity contribution in [3.63, 3.8) is 0 Å². The first-order valence-corrected chi connectivity index (χ1v) is 7.35. The maximum atomic E-state index is 14.0. The van der Waals surface area contributed by atoms with Crippen LogP contribution in [0.25, 0.3) is 0 Å². The van der Waals surface area contributed by atoms with E-state index < -0.39 is 11.6 Å². The average molecular weight is 306 g/mol. The highest BCUT2D eigenvalue weighted by Gasteiger charge is 2.40. The van der Waals surface area contributed by atoms with Gasteiger partial charge in [-0.1, -0.05) is 6.07 Å². The van der Waals surface area contributed by atoms with Gasteiger partial charge in [-0.3, -0.25) is 14.7 Å². The van der Waals surface area contributed by atoms with Gasteiger partial charge in [0.2, 0.25) is 5.91 Å². The van der Waals surface area contributed by atoms with Gasteiger partial charge in [-0.25, -0.2) is 8.78 Å². The number of hydrogen-bond donors (Lipinski definition) is 0.